The summed E-state index contributed by atoms with van der Waals surface area (Å²) in [5.74, 6) is 1.90. The molecule has 2 aliphatic rings. The lowest BCUT2D eigenvalue weighted by Crippen LogP contribution is -2.51. The molecule has 0 aromatic rings. The lowest BCUT2D eigenvalue weighted by atomic mass is 9.78. The van der Waals surface area contributed by atoms with Crippen molar-refractivity contribution in [2.24, 2.45) is 16.3 Å². The minimum atomic E-state index is 0. The van der Waals surface area contributed by atoms with Crippen molar-refractivity contribution in [3.8, 4) is 0 Å². The van der Waals surface area contributed by atoms with Gasteiger partial charge in [0.05, 0.1) is 0 Å². The largest absolute Gasteiger partial charge is 0.356 e. The normalized spacial score (nSPS) is 29.2. The number of nitrogens with zero attached hydrogens (tertiary/aromatic N) is 3. The predicted molar refractivity (Wildman–Crippen MR) is 115 cm³/mol. The number of rotatable bonds is 5. The Hall–Kier alpha value is -0.0400. The van der Waals surface area contributed by atoms with Gasteiger partial charge >= 0.3 is 0 Å². The summed E-state index contributed by atoms with van der Waals surface area (Å²) in [6.45, 7) is 14.1. The van der Waals surface area contributed by atoms with Crippen LogP contribution in [0.2, 0.25) is 0 Å². The molecule has 142 valence electrons. The molecule has 0 saturated carbocycles. The van der Waals surface area contributed by atoms with Crippen molar-refractivity contribution in [1.82, 2.24) is 15.1 Å². The van der Waals surface area contributed by atoms with Crippen LogP contribution in [-0.2, 0) is 0 Å². The van der Waals surface area contributed by atoms with E-state index in [1.165, 1.54) is 58.2 Å². The first-order valence-electron chi connectivity index (χ1n) is 9.78. The minimum Gasteiger partial charge on any atom is -0.356 e. The zero-order chi connectivity index (χ0) is 16.7. The molecule has 2 aliphatic heterocycles. The summed E-state index contributed by atoms with van der Waals surface area (Å²) in [4.78, 5) is 9.66. The molecule has 0 aromatic heterocycles. The van der Waals surface area contributed by atoms with Crippen molar-refractivity contribution in [2.75, 3.05) is 46.3 Å². The number of guanidine groups is 1. The first-order chi connectivity index (χ1) is 11.1. The smallest absolute Gasteiger partial charge is 0.193 e. The number of nitrogens with one attached hydrogen (secondary N) is 1. The summed E-state index contributed by atoms with van der Waals surface area (Å²) in [5, 5.41) is 3.68. The van der Waals surface area contributed by atoms with Gasteiger partial charge in [0.1, 0.15) is 0 Å². The number of halogens is 1. The second-order valence-corrected chi connectivity index (χ2v) is 7.92. The van der Waals surface area contributed by atoms with Crippen molar-refractivity contribution in [3.63, 3.8) is 0 Å². The Labute approximate surface area is 166 Å². The molecule has 4 nitrogen and oxygen atoms in total. The molecule has 1 N–H and O–H groups in total. The lowest BCUT2D eigenvalue weighted by molar-refractivity contribution is 0.141. The van der Waals surface area contributed by atoms with Crippen molar-refractivity contribution >= 4 is 29.9 Å². The monoisotopic (exact) mass is 450 g/mol. The molecule has 5 heteroatoms. The number of likely N-dealkylation sites (tertiary alicyclic amines) is 2. The molecule has 0 spiro atoms. The second-order valence-electron chi connectivity index (χ2n) is 7.92. The topological polar surface area (TPSA) is 30.9 Å². The molecule has 2 saturated heterocycles. The Morgan fingerprint density at radius 3 is 2.71 bits per heavy atom. The molecule has 2 atom stereocenters. The average molecular weight is 450 g/mol. The van der Waals surface area contributed by atoms with Gasteiger partial charge in [-0.2, -0.15) is 0 Å². The van der Waals surface area contributed by atoms with Gasteiger partial charge in [-0.1, -0.05) is 27.2 Å². The third kappa shape index (κ3) is 6.36. The van der Waals surface area contributed by atoms with Crippen molar-refractivity contribution in [1.29, 1.82) is 0 Å². The van der Waals surface area contributed by atoms with Crippen LogP contribution in [0.1, 0.15) is 59.3 Å². The number of aliphatic imine (C=N–C) groups is 1. The maximum atomic E-state index is 4.58. The molecule has 0 radical (unpaired) electrons. The van der Waals surface area contributed by atoms with Crippen LogP contribution >= 0.6 is 24.0 Å². The number of hydrogen-bond acceptors (Lipinski definition) is 2. The maximum absolute atomic E-state index is 4.58. The average Bonchev–Trinajstić information content (AvgIpc) is 2.55. The van der Waals surface area contributed by atoms with Crippen LogP contribution < -0.4 is 5.32 Å². The first-order valence-corrected chi connectivity index (χ1v) is 9.78. The maximum Gasteiger partial charge on any atom is 0.193 e. The third-order valence-electron chi connectivity index (χ3n) is 5.75. The first kappa shape index (κ1) is 22.0. The van der Waals surface area contributed by atoms with Gasteiger partial charge < -0.3 is 15.1 Å². The van der Waals surface area contributed by atoms with E-state index in [0.29, 0.717) is 5.41 Å². The summed E-state index contributed by atoms with van der Waals surface area (Å²) in [6, 6.07) is 0. The molecule has 2 fully saturated rings. The van der Waals surface area contributed by atoms with Gasteiger partial charge in [-0.25, -0.2) is 0 Å². The van der Waals surface area contributed by atoms with Crippen LogP contribution in [0.15, 0.2) is 4.99 Å². The fourth-order valence-corrected chi connectivity index (χ4v) is 4.48. The fourth-order valence-electron chi connectivity index (χ4n) is 4.48. The Morgan fingerprint density at radius 2 is 2.04 bits per heavy atom. The molecule has 2 unspecified atom stereocenters. The van der Waals surface area contributed by atoms with Gasteiger partial charge in [0, 0.05) is 33.2 Å². The molecule has 2 rings (SSSR count). The highest BCUT2D eigenvalue weighted by molar-refractivity contribution is 14.0. The number of hydrogen-bond donors (Lipinski definition) is 1. The fraction of sp³-hybridized carbons (Fsp3) is 0.947. The van der Waals surface area contributed by atoms with E-state index in [1.54, 1.807) is 0 Å². The van der Waals surface area contributed by atoms with Crippen molar-refractivity contribution in [2.45, 2.75) is 59.3 Å². The Kier molecular flexibility index (Phi) is 9.94. The standard InChI is InChI=1S/C19H38N4.HI/c1-5-10-19(3)11-8-13-23(16-19)18(20-4)21-14-17-9-7-12-22(6-2)15-17;/h17H,5-16H2,1-4H3,(H,20,21);1H. The summed E-state index contributed by atoms with van der Waals surface area (Å²) < 4.78 is 0. The predicted octanol–water partition coefficient (Wildman–Crippen LogP) is 3.81. The minimum absolute atomic E-state index is 0. The Morgan fingerprint density at radius 1 is 1.25 bits per heavy atom. The zero-order valence-electron chi connectivity index (χ0n) is 16.3. The van der Waals surface area contributed by atoms with Gasteiger partial charge in [0.2, 0.25) is 0 Å². The number of piperidine rings is 2. The molecule has 0 bridgehead atoms. The van der Waals surface area contributed by atoms with Crippen LogP contribution in [0.5, 0.6) is 0 Å². The van der Waals surface area contributed by atoms with Crippen LogP contribution in [0, 0.1) is 11.3 Å². The summed E-state index contributed by atoms with van der Waals surface area (Å²) >= 11 is 0. The van der Waals surface area contributed by atoms with Gasteiger partial charge in [0.25, 0.3) is 0 Å². The summed E-state index contributed by atoms with van der Waals surface area (Å²) in [5.41, 5.74) is 0.467. The van der Waals surface area contributed by atoms with Gasteiger partial charge in [-0.3, -0.25) is 4.99 Å². The molecular weight excluding hydrogens is 411 g/mol. The zero-order valence-corrected chi connectivity index (χ0v) is 18.6. The SMILES string of the molecule is CCCC1(C)CCCN(C(=NC)NCC2CCCN(CC)C2)C1.I. The van der Waals surface area contributed by atoms with E-state index >= 15 is 0 Å². The highest BCUT2D eigenvalue weighted by atomic mass is 127. The molecule has 2 heterocycles. The summed E-state index contributed by atoms with van der Waals surface area (Å²) in [6.07, 6.45) is 7.97. The molecule has 0 aliphatic carbocycles. The van der Waals surface area contributed by atoms with Crippen molar-refractivity contribution < 1.29 is 0 Å². The van der Waals surface area contributed by atoms with Gasteiger partial charge in [0.15, 0.2) is 5.96 Å². The lowest BCUT2D eigenvalue weighted by Gasteiger charge is -2.42. The Balaban J connectivity index is 0.00000288. The van der Waals surface area contributed by atoms with E-state index in [2.05, 4.69) is 40.9 Å². The van der Waals surface area contributed by atoms with Crippen LogP contribution in [0.25, 0.3) is 0 Å². The summed E-state index contributed by atoms with van der Waals surface area (Å²) in [7, 11) is 1.94. The quantitative estimate of drug-likeness (QED) is 0.393. The van der Waals surface area contributed by atoms with Crippen LogP contribution in [0.3, 0.4) is 0 Å². The van der Waals surface area contributed by atoms with E-state index in [0.717, 1.165) is 31.5 Å². The van der Waals surface area contributed by atoms with Gasteiger partial charge in [-0.15, -0.1) is 24.0 Å². The van der Waals surface area contributed by atoms with Gasteiger partial charge in [-0.05, 0) is 56.5 Å². The van der Waals surface area contributed by atoms with Crippen molar-refractivity contribution in [3.05, 3.63) is 0 Å². The van der Waals surface area contributed by atoms with E-state index < -0.39 is 0 Å². The highest BCUT2D eigenvalue weighted by Gasteiger charge is 2.31. The van der Waals surface area contributed by atoms with Crippen LogP contribution in [0.4, 0.5) is 0 Å². The van der Waals surface area contributed by atoms with Crippen LogP contribution in [-0.4, -0.2) is 62.1 Å². The molecule has 24 heavy (non-hydrogen) atoms. The van der Waals surface area contributed by atoms with E-state index in [1.807, 2.05) is 7.05 Å². The van der Waals surface area contributed by atoms with E-state index in [9.17, 15) is 0 Å². The second kappa shape index (κ2) is 10.8. The van der Waals surface area contributed by atoms with E-state index in [-0.39, 0.29) is 24.0 Å². The van der Waals surface area contributed by atoms with E-state index in [4.69, 9.17) is 0 Å². The molecule has 0 amide bonds. The third-order valence-corrected chi connectivity index (χ3v) is 5.75. The highest BCUT2D eigenvalue weighted by Crippen LogP contribution is 2.33. The molecular formula is C19H39IN4. The molecule has 0 aromatic carbocycles. The Bertz CT molecular complexity index is 384.